The molecule has 3 nitrogen and oxygen atoms in total. The summed E-state index contributed by atoms with van der Waals surface area (Å²) < 4.78 is 0. The van der Waals surface area contributed by atoms with Crippen molar-refractivity contribution in [2.75, 3.05) is 13.2 Å². The highest BCUT2D eigenvalue weighted by Crippen LogP contribution is 2.32. The number of hydrogen-bond donors (Lipinski definition) is 1. The van der Waals surface area contributed by atoms with E-state index in [0.717, 1.165) is 30.7 Å². The Morgan fingerprint density at radius 1 is 1.40 bits per heavy atom. The lowest BCUT2D eigenvalue weighted by molar-refractivity contribution is 0.0653. The van der Waals surface area contributed by atoms with Crippen LogP contribution in [0.25, 0.3) is 0 Å². The highest BCUT2D eigenvalue weighted by atomic mass is 32.1. The minimum atomic E-state index is 0.00408. The van der Waals surface area contributed by atoms with Crippen LogP contribution in [0.4, 0.5) is 0 Å². The van der Waals surface area contributed by atoms with E-state index in [-0.39, 0.29) is 18.6 Å². The standard InChI is InChI=1S/C16H23NO2S/c1-11-7-8-17(13(11)10-18)16(19)15-9-12-5-3-2-4-6-14(12)20-15/h9,11,13,18H,2-8,10H2,1H3. The van der Waals surface area contributed by atoms with Gasteiger partial charge in [-0.2, -0.15) is 0 Å². The predicted molar refractivity (Wildman–Crippen MR) is 81.3 cm³/mol. The molecular formula is C16H23NO2S. The normalized spacial score (nSPS) is 26.4. The Morgan fingerprint density at radius 2 is 2.20 bits per heavy atom. The van der Waals surface area contributed by atoms with Crippen molar-refractivity contribution < 1.29 is 9.90 Å². The number of thiophene rings is 1. The van der Waals surface area contributed by atoms with Gasteiger partial charge in [-0.15, -0.1) is 11.3 Å². The second kappa shape index (κ2) is 5.86. The SMILES string of the molecule is CC1CCN(C(=O)c2cc3c(s2)CCCCC3)C1CO. The molecule has 20 heavy (non-hydrogen) atoms. The number of aryl methyl sites for hydroxylation is 2. The molecule has 1 N–H and O–H groups in total. The Labute approximate surface area is 124 Å². The van der Waals surface area contributed by atoms with E-state index in [0.29, 0.717) is 5.92 Å². The molecule has 1 aromatic heterocycles. The maximum absolute atomic E-state index is 12.7. The summed E-state index contributed by atoms with van der Waals surface area (Å²) in [6.07, 6.45) is 7.06. The van der Waals surface area contributed by atoms with Gasteiger partial charge in [0, 0.05) is 11.4 Å². The number of fused-ring (bicyclic) bond motifs is 1. The van der Waals surface area contributed by atoms with E-state index in [2.05, 4.69) is 13.0 Å². The van der Waals surface area contributed by atoms with Crippen LogP contribution in [-0.2, 0) is 12.8 Å². The molecular weight excluding hydrogens is 270 g/mol. The quantitative estimate of drug-likeness (QED) is 0.852. The summed E-state index contributed by atoms with van der Waals surface area (Å²) in [6.45, 7) is 2.99. The maximum Gasteiger partial charge on any atom is 0.264 e. The Bertz CT molecular complexity index is 473. The van der Waals surface area contributed by atoms with Gasteiger partial charge >= 0.3 is 0 Å². The molecule has 2 atom stereocenters. The zero-order valence-corrected chi connectivity index (χ0v) is 12.9. The Balaban J connectivity index is 1.81. The second-order valence-corrected chi connectivity index (χ2v) is 7.27. The molecule has 1 fully saturated rings. The lowest BCUT2D eigenvalue weighted by atomic mass is 10.0. The third kappa shape index (κ3) is 2.51. The number of hydrogen-bond acceptors (Lipinski definition) is 3. The zero-order valence-electron chi connectivity index (χ0n) is 12.1. The minimum absolute atomic E-state index is 0.00408. The van der Waals surface area contributed by atoms with Crippen LogP contribution in [0.2, 0.25) is 0 Å². The van der Waals surface area contributed by atoms with E-state index in [1.165, 1.54) is 29.7 Å². The molecule has 0 aromatic carbocycles. The Hall–Kier alpha value is -0.870. The molecule has 3 rings (SSSR count). The molecule has 2 heterocycles. The van der Waals surface area contributed by atoms with Gasteiger partial charge in [0.2, 0.25) is 0 Å². The summed E-state index contributed by atoms with van der Waals surface area (Å²) in [5.74, 6) is 0.535. The number of amides is 1. The molecule has 4 heteroatoms. The van der Waals surface area contributed by atoms with Gasteiger partial charge in [-0.25, -0.2) is 0 Å². The summed E-state index contributed by atoms with van der Waals surface area (Å²) in [6, 6.07) is 2.12. The average molecular weight is 293 g/mol. The van der Waals surface area contributed by atoms with E-state index in [1.54, 1.807) is 11.3 Å². The second-order valence-electron chi connectivity index (χ2n) is 6.13. The van der Waals surface area contributed by atoms with Gasteiger partial charge in [-0.1, -0.05) is 13.3 Å². The third-order valence-corrected chi connectivity index (χ3v) is 6.01. The molecule has 1 aromatic rings. The number of carbonyl (C=O) groups is 1. The van der Waals surface area contributed by atoms with E-state index >= 15 is 0 Å². The summed E-state index contributed by atoms with van der Waals surface area (Å²) in [5, 5.41) is 9.51. The van der Waals surface area contributed by atoms with Gasteiger partial charge < -0.3 is 10.0 Å². The largest absolute Gasteiger partial charge is 0.394 e. The lowest BCUT2D eigenvalue weighted by Gasteiger charge is -2.24. The van der Waals surface area contributed by atoms with Gasteiger partial charge in [0.1, 0.15) is 0 Å². The molecule has 110 valence electrons. The van der Waals surface area contributed by atoms with Gasteiger partial charge in [0.15, 0.2) is 0 Å². The van der Waals surface area contributed by atoms with E-state index in [4.69, 9.17) is 0 Å². The topological polar surface area (TPSA) is 40.5 Å². The first-order valence-corrected chi connectivity index (χ1v) is 8.55. The first-order chi connectivity index (χ1) is 9.70. The fourth-order valence-electron chi connectivity index (χ4n) is 3.45. The van der Waals surface area contributed by atoms with Crippen molar-refractivity contribution >= 4 is 17.2 Å². The van der Waals surface area contributed by atoms with E-state index < -0.39 is 0 Å². The molecule has 0 bridgehead atoms. The van der Waals surface area contributed by atoms with Crippen LogP contribution >= 0.6 is 11.3 Å². The Morgan fingerprint density at radius 3 is 3.00 bits per heavy atom. The Kier molecular flexibility index (Phi) is 4.13. The lowest BCUT2D eigenvalue weighted by Crippen LogP contribution is -2.39. The van der Waals surface area contributed by atoms with Crippen LogP contribution in [0.5, 0.6) is 0 Å². The van der Waals surface area contributed by atoms with Crippen molar-refractivity contribution in [1.82, 2.24) is 4.90 Å². The van der Waals surface area contributed by atoms with Gasteiger partial charge in [0.25, 0.3) is 5.91 Å². The number of aliphatic hydroxyl groups is 1. The fraction of sp³-hybridized carbons (Fsp3) is 0.688. The first kappa shape index (κ1) is 14.1. The maximum atomic E-state index is 12.7. The number of nitrogens with zero attached hydrogens (tertiary/aromatic N) is 1. The van der Waals surface area contributed by atoms with Crippen LogP contribution in [0, 0.1) is 5.92 Å². The van der Waals surface area contributed by atoms with Crippen LogP contribution in [0.1, 0.15) is 52.7 Å². The van der Waals surface area contributed by atoms with Gasteiger partial charge in [0.05, 0.1) is 17.5 Å². The smallest absolute Gasteiger partial charge is 0.264 e. The first-order valence-electron chi connectivity index (χ1n) is 7.74. The highest BCUT2D eigenvalue weighted by molar-refractivity contribution is 7.14. The van der Waals surface area contributed by atoms with Crippen molar-refractivity contribution in [3.8, 4) is 0 Å². The highest BCUT2D eigenvalue weighted by Gasteiger charge is 2.35. The van der Waals surface area contributed by atoms with Crippen molar-refractivity contribution in [3.63, 3.8) is 0 Å². The number of rotatable bonds is 2. The molecule has 1 saturated heterocycles. The van der Waals surface area contributed by atoms with Crippen LogP contribution in [0.15, 0.2) is 6.07 Å². The third-order valence-electron chi connectivity index (χ3n) is 4.79. The number of carbonyl (C=O) groups excluding carboxylic acids is 1. The molecule has 2 aliphatic rings. The number of aliphatic hydroxyl groups excluding tert-OH is 1. The molecule has 0 radical (unpaired) electrons. The molecule has 1 amide bonds. The van der Waals surface area contributed by atoms with E-state index in [1.807, 2.05) is 4.90 Å². The monoisotopic (exact) mass is 293 g/mol. The summed E-state index contributed by atoms with van der Waals surface area (Å²) in [4.78, 5) is 16.9. The van der Waals surface area contributed by atoms with Gasteiger partial charge in [-0.05, 0) is 49.7 Å². The van der Waals surface area contributed by atoms with Crippen molar-refractivity contribution in [1.29, 1.82) is 0 Å². The molecule has 1 aliphatic heterocycles. The summed E-state index contributed by atoms with van der Waals surface area (Å²) >= 11 is 1.68. The minimum Gasteiger partial charge on any atom is -0.394 e. The summed E-state index contributed by atoms with van der Waals surface area (Å²) in [7, 11) is 0. The van der Waals surface area contributed by atoms with Crippen molar-refractivity contribution in [3.05, 3.63) is 21.4 Å². The van der Waals surface area contributed by atoms with Crippen molar-refractivity contribution in [2.24, 2.45) is 5.92 Å². The predicted octanol–water partition coefficient (Wildman–Crippen LogP) is 2.86. The molecule has 2 unspecified atom stereocenters. The van der Waals surface area contributed by atoms with Crippen LogP contribution in [0.3, 0.4) is 0 Å². The van der Waals surface area contributed by atoms with Gasteiger partial charge in [-0.3, -0.25) is 4.79 Å². The zero-order chi connectivity index (χ0) is 14.1. The fourth-order valence-corrected chi connectivity index (χ4v) is 4.66. The van der Waals surface area contributed by atoms with Crippen molar-refractivity contribution in [2.45, 2.75) is 51.5 Å². The molecule has 0 spiro atoms. The number of likely N-dealkylation sites (tertiary alicyclic amines) is 1. The van der Waals surface area contributed by atoms with Crippen LogP contribution < -0.4 is 0 Å². The molecule has 0 saturated carbocycles. The average Bonchev–Trinajstić information content (AvgIpc) is 2.95. The summed E-state index contributed by atoms with van der Waals surface area (Å²) in [5.41, 5.74) is 1.39. The molecule has 1 aliphatic carbocycles. The van der Waals surface area contributed by atoms with E-state index in [9.17, 15) is 9.90 Å². The van der Waals surface area contributed by atoms with Crippen LogP contribution in [-0.4, -0.2) is 35.1 Å².